The monoisotopic (exact) mass is 455 g/mol. The first-order chi connectivity index (χ1) is 15.0. The summed E-state index contributed by atoms with van der Waals surface area (Å²) in [6.07, 6.45) is 1.06. The molecule has 0 radical (unpaired) electrons. The fraction of sp³-hybridized carbons (Fsp3) is 0.261. The fourth-order valence-corrected chi connectivity index (χ4v) is 5.33. The number of nitrogens with one attached hydrogen (secondary N) is 1. The molecule has 3 atom stereocenters. The van der Waals surface area contributed by atoms with E-state index in [1.165, 1.54) is 23.5 Å². The highest BCUT2D eigenvalue weighted by molar-refractivity contribution is 7.13. The number of carbonyl (C=O) groups is 2. The van der Waals surface area contributed by atoms with Crippen LogP contribution in [0.25, 0.3) is 10.4 Å². The Morgan fingerprint density at radius 3 is 2.87 bits per heavy atom. The van der Waals surface area contributed by atoms with Crippen LogP contribution in [0.3, 0.4) is 0 Å². The summed E-state index contributed by atoms with van der Waals surface area (Å²) in [5.74, 6) is 0.115. The van der Waals surface area contributed by atoms with Crippen LogP contribution in [0.15, 0.2) is 54.0 Å². The first kappa shape index (κ1) is 20.2. The Kier molecular flexibility index (Phi) is 5.24. The molecule has 0 unspecified atom stereocenters. The molecular formula is C23H19ClFN3O2S. The van der Waals surface area contributed by atoms with E-state index in [1.807, 2.05) is 4.90 Å². The van der Waals surface area contributed by atoms with Crippen molar-refractivity contribution >= 4 is 34.8 Å². The molecule has 1 aromatic heterocycles. The molecule has 1 saturated carbocycles. The van der Waals surface area contributed by atoms with Crippen LogP contribution in [-0.2, 0) is 0 Å². The van der Waals surface area contributed by atoms with E-state index in [1.54, 1.807) is 41.9 Å². The van der Waals surface area contributed by atoms with E-state index in [-0.39, 0.29) is 23.7 Å². The normalized spacial score (nSPS) is 21.6. The standard InChI is InChI=1S/C23H19ClFN3O2S/c24-16-5-1-4-14(7-16)22(29)26-10-19-18-9-15(18)11-28(19)23(30)20-21(31-12-27-20)13-3-2-6-17(25)8-13/h1-8,12,15,18-19H,9-11H2,(H,26,29)/t15-,18-,19+/m0/s1. The molecule has 2 amide bonds. The number of halogens is 2. The van der Waals surface area contributed by atoms with E-state index < -0.39 is 0 Å². The molecule has 31 heavy (non-hydrogen) atoms. The highest BCUT2D eigenvalue weighted by Crippen LogP contribution is 2.50. The van der Waals surface area contributed by atoms with Gasteiger partial charge >= 0.3 is 0 Å². The van der Waals surface area contributed by atoms with Crippen molar-refractivity contribution in [2.75, 3.05) is 13.1 Å². The number of hydrogen-bond acceptors (Lipinski definition) is 4. The van der Waals surface area contributed by atoms with E-state index in [0.717, 1.165) is 6.42 Å². The van der Waals surface area contributed by atoms with Crippen molar-refractivity contribution in [2.45, 2.75) is 12.5 Å². The molecule has 8 heteroatoms. The van der Waals surface area contributed by atoms with Crippen LogP contribution in [0.5, 0.6) is 0 Å². The first-order valence-electron chi connectivity index (χ1n) is 10.1. The smallest absolute Gasteiger partial charge is 0.274 e. The van der Waals surface area contributed by atoms with Crippen LogP contribution in [-0.4, -0.2) is 40.8 Å². The Balaban J connectivity index is 1.33. The lowest BCUT2D eigenvalue weighted by Crippen LogP contribution is -2.45. The second-order valence-corrected chi connectivity index (χ2v) is 9.24. The molecule has 2 heterocycles. The van der Waals surface area contributed by atoms with Gasteiger partial charge in [0.25, 0.3) is 11.8 Å². The number of aromatic nitrogens is 1. The van der Waals surface area contributed by atoms with Crippen LogP contribution in [0.4, 0.5) is 4.39 Å². The third kappa shape index (κ3) is 3.95. The number of carbonyl (C=O) groups excluding carboxylic acids is 2. The summed E-state index contributed by atoms with van der Waals surface area (Å²) in [5.41, 5.74) is 3.08. The third-order valence-electron chi connectivity index (χ3n) is 5.98. The Morgan fingerprint density at radius 2 is 2.06 bits per heavy atom. The van der Waals surface area contributed by atoms with E-state index in [0.29, 0.717) is 51.6 Å². The average molecular weight is 456 g/mol. The van der Waals surface area contributed by atoms with Gasteiger partial charge in [0, 0.05) is 23.7 Å². The maximum Gasteiger partial charge on any atom is 0.274 e. The van der Waals surface area contributed by atoms with Crippen LogP contribution < -0.4 is 5.32 Å². The number of benzene rings is 2. The van der Waals surface area contributed by atoms with Gasteiger partial charge in [0.05, 0.1) is 16.4 Å². The highest BCUT2D eigenvalue weighted by atomic mass is 35.5. The quantitative estimate of drug-likeness (QED) is 0.616. The summed E-state index contributed by atoms with van der Waals surface area (Å²) in [6.45, 7) is 1.03. The maximum absolute atomic E-state index is 13.7. The Morgan fingerprint density at radius 1 is 1.23 bits per heavy atom. The molecule has 2 fully saturated rings. The number of amides is 2. The maximum atomic E-state index is 13.7. The van der Waals surface area contributed by atoms with Gasteiger partial charge in [-0.05, 0) is 54.2 Å². The van der Waals surface area contributed by atoms with Crippen LogP contribution >= 0.6 is 22.9 Å². The third-order valence-corrected chi connectivity index (χ3v) is 7.09. The van der Waals surface area contributed by atoms with Crippen LogP contribution in [0, 0.1) is 17.7 Å². The molecule has 1 N–H and O–H groups in total. The molecule has 1 aliphatic heterocycles. The molecule has 3 aromatic rings. The summed E-state index contributed by atoms with van der Waals surface area (Å²) in [7, 11) is 0. The topological polar surface area (TPSA) is 62.3 Å². The molecule has 0 spiro atoms. The lowest BCUT2D eigenvalue weighted by Gasteiger charge is -2.27. The number of fused-ring (bicyclic) bond motifs is 1. The highest BCUT2D eigenvalue weighted by Gasteiger charge is 2.54. The molecule has 2 aromatic carbocycles. The molecule has 5 rings (SSSR count). The lowest BCUT2D eigenvalue weighted by atomic mass is 10.1. The summed E-state index contributed by atoms with van der Waals surface area (Å²) in [6, 6.07) is 12.9. The SMILES string of the molecule is O=C(NC[C@@H]1[C@H]2C[C@H]2CN1C(=O)c1ncsc1-c1cccc(F)c1)c1cccc(Cl)c1. The van der Waals surface area contributed by atoms with Gasteiger partial charge in [0.15, 0.2) is 0 Å². The zero-order valence-electron chi connectivity index (χ0n) is 16.4. The number of hydrogen-bond donors (Lipinski definition) is 1. The average Bonchev–Trinajstić information content (AvgIpc) is 3.20. The Labute approximate surface area is 187 Å². The number of nitrogens with zero attached hydrogens (tertiary/aromatic N) is 2. The number of thiazole rings is 1. The molecule has 1 aliphatic carbocycles. The molecule has 0 bridgehead atoms. The number of rotatable bonds is 5. The van der Waals surface area contributed by atoms with Crippen LogP contribution in [0.1, 0.15) is 27.3 Å². The van der Waals surface area contributed by atoms with Crippen LogP contribution in [0.2, 0.25) is 5.02 Å². The summed E-state index contributed by atoms with van der Waals surface area (Å²) in [4.78, 5) is 32.7. The zero-order chi connectivity index (χ0) is 21.5. The second-order valence-electron chi connectivity index (χ2n) is 7.95. The van der Waals surface area contributed by atoms with Crippen molar-refractivity contribution in [3.05, 3.63) is 76.1 Å². The van der Waals surface area contributed by atoms with E-state index in [9.17, 15) is 14.0 Å². The molecule has 158 valence electrons. The predicted octanol–water partition coefficient (Wildman–Crippen LogP) is 4.49. The van der Waals surface area contributed by atoms with Crippen molar-refractivity contribution in [1.29, 1.82) is 0 Å². The van der Waals surface area contributed by atoms with Gasteiger partial charge in [-0.25, -0.2) is 9.37 Å². The van der Waals surface area contributed by atoms with Crippen molar-refractivity contribution in [2.24, 2.45) is 11.8 Å². The van der Waals surface area contributed by atoms with Gasteiger partial charge in [-0.3, -0.25) is 9.59 Å². The van der Waals surface area contributed by atoms with Crippen molar-refractivity contribution in [1.82, 2.24) is 15.2 Å². The van der Waals surface area contributed by atoms with Gasteiger partial charge in [-0.1, -0.05) is 29.8 Å². The van der Waals surface area contributed by atoms with Gasteiger partial charge in [-0.2, -0.15) is 0 Å². The number of piperidine rings is 1. The fourth-order valence-electron chi connectivity index (χ4n) is 4.36. The molecule has 1 saturated heterocycles. The summed E-state index contributed by atoms with van der Waals surface area (Å²) < 4.78 is 13.7. The van der Waals surface area contributed by atoms with E-state index in [4.69, 9.17) is 11.6 Å². The summed E-state index contributed by atoms with van der Waals surface area (Å²) >= 11 is 7.30. The minimum Gasteiger partial charge on any atom is -0.350 e. The largest absolute Gasteiger partial charge is 0.350 e. The Hall–Kier alpha value is -2.77. The first-order valence-corrected chi connectivity index (χ1v) is 11.3. The van der Waals surface area contributed by atoms with Gasteiger partial charge < -0.3 is 10.2 Å². The van der Waals surface area contributed by atoms with E-state index in [2.05, 4.69) is 10.3 Å². The molecule has 2 aliphatic rings. The molecular weight excluding hydrogens is 437 g/mol. The van der Waals surface area contributed by atoms with Crippen molar-refractivity contribution < 1.29 is 14.0 Å². The number of likely N-dealkylation sites (tertiary alicyclic amines) is 1. The van der Waals surface area contributed by atoms with Gasteiger partial charge in [0.2, 0.25) is 0 Å². The minimum atomic E-state index is -0.353. The summed E-state index contributed by atoms with van der Waals surface area (Å²) in [5, 5.41) is 3.45. The second kappa shape index (κ2) is 8.05. The van der Waals surface area contributed by atoms with Gasteiger partial charge in [-0.15, -0.1) is 11.3 Å². The Bertz CT molecular complexity index is 1170. The van der Waals surface area contributed by atoms with Crippen molar-refractivity contribution in [3.63, 3.8) is 0 Å². The predicted molar refractivity (Wildman–Crippen MR) is 118 cm³/mol. The zero-order valence-corrected chi connectivity index (χ0v) is 18.0. The molecule has 5 nitrogen and oxygen atoms in total. The van der Waals surface area contributed by atoms with Crippen molar-refractivity contribution in [3.8, 4) is 10.4 Å². The van der Waals surface area contributed by atoms with E-state index >= 15 is 0 Å². The minimum absolute atomic E-state index is 0.0808. The lowest BCUT2D eigenvalue weighted by molar-refractivity contribution is 0.0690. The van der Waals surface area contributed by atoms with Gasteiger partial charge in [0.1, 0.15) is 11.5 Å².